The van der Waals surface area contributed by atoms with Crippen LogP contribution < -0.4 is 10.1 Å². The number of benzene rings is 1. The summed E-state index contributed by atoms with van der Waals surface area (Å²) >= 11 is 0. The van der Waals surface area contributed by atoms with Gasteiger partial charge in [0.25, 0.3) is 5.91 Å². The second kappa shape index (κ2) is 9.17. The van der Waals surface area contributed by atoms with Gasteiger partial charge in [-0.1, -0.05) is 31.9 Å². The molecule has 1 aromatic rings. The summed E-state index contributed by atoms with van der Waals surface area (Å²) in [6.07, 6.45) is 3.29. The molecule has 1 saturated carbocycles. The summed E-state index contributed by atoms with van der Waals surface area (Å²) in [6.45, 7) is 3.08. The van der Waals surface area contributed by atoms with Crippen LogP contribution in [0.3, 0.4) is 0 Å². The summed E-state index contributed by atoms with van der Waals surface area (Å²) in [7, 11) is 0. The second-order valence-corrected chi connectivity index (χ2v) is 6.52. The highest BCUT2D eigenvalue weighted by Crippen LogP contribution is 2.26. The Hall–Kier alpha value is -2.64. The van der Waals surface area contributed by atoms with Gasteiger partial charge in [-0.2, -0.15) is 0 Å². The molecule has 3 atom stereocenters. The first-order valence-electron chi connectivity index (χ1n) is 8.74. The van der Waals surface area contributed by atoms with E-state index in [-0.39, 0.29) is 23.4 Å². The highest BCUT2D eigenvalue weighted by molar-refractivity contribution is 5.84. The number of esters is 1. The van der Waals surface area contributed by atoms with Crippen LogP contribution in [0.4, 0.5) is 5.69 Å². The van der Waals surface area contributed by atoms with Gasteiger partial charge in [0.15, 0.2) is 18.5 Å². The average Bonchev–Trinajstić information content (AvgIpc) is 2.62. The zero-order chi connectivity index (χ0) is 19.1. The van der Waals surface area contributed by atoms with Crippen molar-refractivity contribution in [2.24, 2.45) is 5.92 Å². The molecule has 142 valence electrons. The molecule has 1 aliphatic rings. The Morgan fingerprint density at radius 1 is 1.31 bits per heavy atom. The number of rotatable bonds is 7. The number of carbonyl (C=O) groups is 2. The van der Waals surface area contributed by atoms with E-state index in [1.54, 1.807) is 6.07 Å². The number of nitro groups is 1. The van der Waals surface area contributed by atoms with Crippen molar-refractivity contribution in [1.29, 1.82) is 0 Å². The predicted octanol–water partition coefficient (Wildman–Crippen LogP) is 2.60. The minimum absolute atomic E-state index is 0.0254. The van der Waals surface area contributed by atoms with Crippen LogP contribution in [-0.2, 0) is 14.3 Å². The molecule has 1 aromatic carbocycles. The molecule has 0 bridgehead atoms. The Labute approximate surface area is 152 Å². The second-order valence-electron chi connectivity index (χ2n) is 6.52. The minimum Gasteiger partial charge on any atom is -0.475 e. The Kier molecular flexibility index (Phi) is 6.94. The fourth-order valence-electron chi connectivity index (χ4n) is 2.98. The van der Waals surface area contributed by atoms with E-state index in [0.29, 0.717) is 5.92 Å². The molecule has 26 heavy (non-hydrogen) atoms. The van der Waals surface area contributed by atoms with Crippen molar-refractivity contribution >= 4 is 17.6 Å². The summed E-state index contributed by atoms with van der Waals surface area (Å²) in [4.78, 5) is 34.4. The van der Waals surface area contributed by atoms with E-state index in [4.69, 9.17) is 9.47 Å². The lowest BCUT2D eigenvalue weighted by atomic mass is 9.86. The third kappa shape index (κ3) is 5.44. The van der Waals surface area contributed by atoms with E-state index in [9.17, 15) is 19.7 Å². The summed E-state index contributed by atoms with van der Waals surface area (Å²) in [5.41, 5.74) is -0.239. The summed E-state index contributed by atoms with van der Waals surface area (Å²) < 4.78 is 10.2. The van der Waals surface area contributed by atoms with E-state index in [1.807, 2.05) is 0 Å². The standard InChI is InChI=1S/C18H24N2O6/c1-12-7-3-4-8-14(12)19-18(22)13(2)26-17(21)11-25-16-10-6-5-9-15(16)20(23)24/h5-6,9-10,12-14H,3-4,7-8,11H2,1-2H3,(H,19,22)/t12-,13-,14-/m1/s1. The van der Waals surface area contributed by atoms with Gasteiger partial charge in [-0.3, -0.25) is 14.9 Å². The monoisotopic (exact) mass is 364 g/mol. The topological polar surface area (TPSA) is 108 Å². The maximum atomic E-state index is 12.2. The molecule has 8 nitrogen and oxygen atoms in total. The van der Waals surface area contributed by atoms with Crippen molar-refractivity contribution < 1.29 is 24.0 Å². The Morgan fingerprint density at radius 3 is 2.69 bits per heavy atom. The summed E-state index contributed by atoms with van der Waals surface area (Å²) in [5.74, 6) is -0.731. The molecule has 0 saturated heterocycles. The van der Waals surface area contributed by atoms with E-state index >= 15 is 0 Å². The first kappa shape index (κ1) is 19.7. The Balaban J connectivity index is 1.81. The molecule has 0 spiro atoms. The van der Waals surface area contributed by atoms with Gasteiger partial charge in [0.05, 0.1) is 4.92 Å². The maximum absolute atomic E-state index is 12.2. The molecule has 1 amide bonds. The van der Waals surface area contributed by atoms with Crippen LogP contribution in [0.5, 0.6) is 5.75 Å². The van der Waals surface area contributed by atoms with E-state index < -0.39 is 23.6 Å². The van der Waals surface area contributed by atoms with Crippen molar-refractivity contribution in [1.82, 2.24) is 5.32 Å². The van der Waals surface area contributed by atoms with Gasteiger partial charge in [-0.25, -0.2) is 4.79 Å². The van der Waals surface area contributed by atoms with Crippen molar-refractivity contribution in [3.05, 3.63) is 34.4 Å². The normalized spacial score (nSPS) is 20.7. The van der Waals surface area contributed by atoms with Crippen molar-refractivity contribution in [2.75, 3.05) is 6.61 Å². The predicted molar refractivity (Wildman–Crippen MR) is 93.7 cm³/mol. The van der Waals surface area contributed by atoms with Gasteiger partial charge < -0.3 is 14.8 Å². The van der Waals surface area contributed by atoms with Crippen LogP contribution in [0.25, 0.3) is 0 Å². The fourth-order valence-corrected chi connectivity index (χ4v) is 2.98. The molecular weight excluding hydrogens is 340 g/mol. The van der Waals surface area contributed by atoms with Gasteiger partial charge in [0.1, 0.15) is 0 Å². The molecule has 1 N–H and O–H groups in total. The Bertz CT molecular complexity index is 663. The number of nitrogens with one attached hydrogen (secondary N) is 1. The molecule has 0 heterocycles. The van der Waals surface area contributed by atoms with Crippen molar-refractivity contribution in [3.8, 4) is 5.75 Å². The molecule has 8 heteroatoms. The van der Waals surface area contributed by atoms with Gasteiger partial charge in [0.2, 0.25) is 0 Å². The van der Waals surface area contributed by atoms with Gasteiger partial charge in [-0.05, 0) is 31.7 Å². The van der Waals surface area contributed by atoms with E-state index in [0.717, 1.165) is 19.3 Å². The molecule has 2 rings (SSSR count). The average molecular weight is 364 g/mol. The third-order valence-electron chi connectivity index (χ3n) is 4.52. The summed E-state index contributed by atoms with van der Waals surface area (Å²) in [5, 5.41) is 13.8. The quantitative estimate of drug-likeness (QED) is 0.453. The van der Waals surface area contributed by atoms with Crippen LogP contribution >= 0.6 is 0 Å². The zero-order valence-electron chi connectivity index (χ0n) is 15.0. The van der Waals surface area contributed by atoms with Crippen molar-refractivity contribution in [3.63, 3.8) is 0 Å². The number of nitro benzene ring substituents is 1. The van der Waals surface area contributed by atoms with Gasteiger partial charge in [0, 0.05) is 12.1 Å². The largest absolute Gasteiger partial charge is 0.475 e. The van der Waals surface area contributed by atoms with Crippen molar-refractivity contribution in [2.45, 2.75) is 51.7 Å². The number of carbonyl (C=O) groups excluding carboxylic acids is 2. The number of para-hydroxylation sites is 2. The number of hydrogen-bond acceptors (Lipinski definition) is 6. The molecule has 0 aliphatic heterocycles. The van der Waals surface area contributed by atoms with Gasteiger partial charge >= 0.3 is 11.7 Å². The molecular formula is C18H24N2O6. The maximum Gasteiger partial charge on any atom is 0.344 e. The minimum atomic E-state index is -0.953. The first-order chi connectivity index (χ1) is 12.4. The lowest BCUT2D eigenvalue weighted by Crippen LogP contribution is -2.46. The lowest BCUT2D eigenvalue weighted by molar-refractivity contribution is -0.385. The van der Waals surface area contributed by atoms with Crippen LogP contribution in [0.1, 0.15) is 39.5 Å². The lowest BCUT2D eigenvalue weighted by Gasteiger charge is -2.30. The van der Waals surface area contributed by atoms with Gasteiger partial charge in [-0.15, -0.1) is 0 Å². The van der Waals surface area contributed by atoms with Crippen LogP contribution in [-0.4, -0.2) is 35.6 Å². The zero-order valence-corrected chi connectivity index (χ0v) is 15.0. The molecule has 1 aliphatic carbocycles. The SMILES string of the molecule is C[C@@H]1CCCC[C@H]1NC(=O)[C@@H](C)OC(=O)COc1ccccc1[N+](=O)[O-]. The molecule has 1 fully saturated rings. The van der Waals surface area contributed by atoms with E-state index in [1.165, 1.54) is 31.5 Å². The highest BCUT2D eigenvalue weighted by atomic mass is 16.6. The van der Waals surface area contributed by atoms with Crippen LogP contribution in [0.15, 0.2) is 24.3 Å². The number of ether oxygens (including phenoxy) is 2. The molecule has 0 unspecified atom stereocenters. The first-order valence-corrected chi connectivity index (χ1v) is 8.74. The fraction of sp³-hybridized carbons (Fsp3) is 0.556. The summed E-state index contributed by atoms with van der Waals surface area (Å²) in [6, 6.07) is 5.84. The number of hydrogen-bond donors (Lipinski definition) is 1. The Morgan fingerprint density at radius 2 is 2.00 bits per heavy atom. The number of nitrogens with zero attached hydrogens (tertiary/aromatic N) is 1. The highest BCUT2D eigenvalue weighted by Gasteiger charge is 2.26. The molecule has 0 radical (unpaired) electrons. The number of amides is 1. The van der Waals surface area contributed by atoms with Crippen LogP contribution in [0.2, 0.25) is 0 Å². The third-order valence-corrected chi connectivity index (χ3v) is 4.52. The molecule has 0 aromatic heterocycles. The van der Waals surface area contributed by atoms with E-state index in [2.05, 4.69) is 12.2 Å². The smallest absolute Gasteiger partial charge is 0.344 e. The van der Waals surface area contributed by atoms with Crippen LogP contribution in [0, 0.1) is 16.0 Å².